The van der Waals surface area contributed by atoms with Gasteiger partial charge < -0.3 is 15.0 Å². The molecule has 0 atom stereocenters. The molecule has 18 heavy (non-hydrogen) atoms. The van der Waals surface area contributed by atoms with E-state index in [0.717, 1.165) is 38.4 Å². The van der Waals surface area contributed by atoms with E-state index < -0.39 is 0 Å². The van der Waals surface area contributed by atoms with Crippen molar-refractivity contribution in [2.45, 2.75) is 19.8 Å². The number of hydrogen-bond acceptors (Lipinski definition) is 3. The Balaban J connectivity index is 2.54. The molecule has 0 aromatic carbocycles. The van der Waals surface area contributed by atoms with Crippen LogP contribution in [0.15, 0.2) is 4.99 Å². The first-order valence-corrected chi connectivity index (χ1v) is 6.27. The second-order valence-electron chi connectivity index (χ2n) is 4.16. The normalized spacial score (nSPS) is 17.2. The number of aliphatic imine (C=N–C) groups is 1. The van der Waals surface area contributed by atoms with Crippen LogP contribution in [0, 0.1) is 18.3 Å². The first-order chi connectivity index (χ1) is 8.72. The van der Waals surface area contributed by atoms with Crippen molar-refractivity contribution in [3.8, 4) is 12.3 Å². The Morgan fingerprint density at radius 3 is 2.72 bits per heavy atom. The number of carbonyl (C=O) groups excluding carboxylic acids is 1. The highest BCUT2D eigenvalue weighted by atomic mass is 16.5. The van der Waals surface area contributed by atoms with Gasteiger partial charge in [-0.3, -0.25) is 4.79 Å². The maximum absolute atomic E-state index is 11.4. The van der Waals surface area contributed by atoms with Gasteiger partial charge >= 0.3 is 5.97 Å². The van der Waals surface area contributed by atoms with Gasteiger partial charge in [-0.05, 0) is 19.8 Å². The standard InChI is InChI=1S/C13H21N3O2/c1-4-8-15-13(14-5-2)16-9-6-11(7-10-16)12(17)18-3/h1,11H,5-10H2,2-3H3,(H,14,15). The second-order valence-corrected chi connectivity index (χ2v) is 4.16. The summed E-state index contributed by atoms with van der Waals surface area (Å²) in [7, 11) is 1.44. The number of methoxy groups -OCH3 is 1. The van der Waals surface area contributed by atoms with Gasteiger partial charge in [0.05, 0.1) is 13.0 Å². The molecule has 1 aliphatic rings. The summed E-state index contributed by atoms with van der Waals surface area (Å²) in [5, 5.41) is 3.21. The summed E-state index contributed by atoms with van der Waals surface area (Å²) in [5.74, 6) is 3.24. The number of ether oxygens (including phenoxy) is 1. The second kappa shape index (κ2) is 7.59. The van der Waals surface area contributed by atoms with Crippen LogP contribution in [-0.2, 0) is 9.53 Å². The molecule has 0 saturated carbocycles. The van der Waals surface area contributed by atoms with Gasteiger partial charge in [0.1, 0.15) is 6.54 Å². The van der Waals surface area contributed by atoms with Crippen LogP contribution >= 0.6 is 0 Å². The molecule has 1 heterocycles. The Labute approximate surface area is 109 Å². The molecule has 0 unspecified atom stereocenters. The Hall–Kier alpha value is -1.70. The number of guanidine groups is 1. The first-order valence-electron chi connectivity index (χ1n) is 6.27. The van der Waals surface area contributed by atoms with Crippen molar-refractivity contribution in [3.63, 3.8) is 0 Å². The monoisotopic (exact) mass is 251 g/mol. The van der Waals surface area contributed by atoms with Gasteiger partial charge in [-0.1, -0.05) is 5.92 Å². The highest BCUT2D eigenvalue weighted by Crippen LogP contribution is 2.18. The van der Waals surface area contributed by atoms with Crippen molar-refractivity contribution >= 4 is 11.9 Å². The van der Waals surface area contributed by atoms with Crippen LogP contribution in [0.1, 0.15) is 19.8 Å². The van der Waals surface area contributed by atoms with E-state index >= 15 is 0 Å². The van der Waals surface area contributed by atoms with Crippen LogP contribution in [-0.4, -0.2) is 50.1 Å². The van der Waals surface area contributed by atoms with E-state index in [1.54, 1.807) is 0 Å². The smallest absolute Gasteiger partial charge is 0.308 e. The van der Waals surface area contributed by atoms with E-state index in [-0.39, 0.29) is 11.9 Å². The van der Waals surface area contributed by atoms with Crippen molar-refractivity contribution in [1.29, 1.82) is 0 Å². The Bertz CT molecular complexity index is 339. The van der Waals surface area contributed by atoms with Crippen molar-refractivity contribution < 1.29 is 9.53 Å². The number of nitrogens with zero attached hydrogens (tertiary/aromatic N) is 2. The van der Waals surface area contributed by atoms with Gasteiger partial charge in [-0.15, -0.1) is 6.42 Å². The minimum atomic E-state index is -0.111. The third-order valence-corrected chi connectivity index (χ3v) is 2.98. The molecule has 0 amide bonds. The van der Waals surface area contributed by atoms with Crippen LogP contribution in [0.4, 0.5) is 0 Å². The van der Waals surface area contributed by atoms with Gasteiger partial charge in [0, 0.05) is 19.6 Å². The number of hydrogen-bond donors (Lipinski definition) is 1. The quantitative estimate of drug-likeness (QED) is 0.343. The number of rotatable bonds is 3. The lowest BCUT2D eigenvalue weighted by Crippen LogP contribution is -2.46. The van der Waals surface area contributed by atoms with Crippen LogP contribution in [0.5, 0.6) is 0 Å². The van der Waals surface area contributed by atoms with Crippen molar-refractivity contribution in [3.05, 3.63) is 0 Å². The largest absolute Gasteiger partial charge is 0.469 e. The number of nitrogens with one attached hydrogen (secondary N) is 1. The number of piperidine rings is 1. The molecule has 1 saturated heterocycles. The van der Waals surface area contributed by atoms with Crippen LogP contribution < -0.4 is 5.32 Å². The molecule has 1 N–H and O–H groups in total. The van der Waals surface area contributed by atoms with E-state index in [4.69, 9.17) is 11.2 Å². The Morgan fingerprint density at radius 2 is 2.22 bits per heavy atom. The maximum Gasteiger partial charge on any atom is 0.308 e. The van der Waals surface area contributed by atoms with Gasteiger partial charge in [0.2, 0.25) is 0 Å². The lowest BCUT2D eigenvalue weighted by molar-refractivity contribution is -0.146. The molecule has 100 valence electrons. The summed E-state index contributed by atoms with van der Waals surface area (Å²) in [5.41, 5.74) is 0. The molecule has 0 aliphatic carbocycles. The maximum atomic E-state index is 11.4. The molecule has 1 fully saturated rings. The van der Waals surface area contributed by atoms with Crippen LogP contribution in [0.25, 0.3) is 0 Å². The summed E-state index contributed by atoms with van der Waals surface area (Å²) >= 11 is 0. The van der Waals surface area contributed by atoms with Gasteiger partial charge in [-0.25, -0.2) is 4.99 Å². The molecule has 0 bridgehead atoms. The predicted octanol–water partition coefficient (Wildman–Crippen LogP) is 0.470. The number of likely N-dealkylation sites (tertiary alicyclic amines) is 1. The summed E-state index contributed by atoms with van der Waals surface area (Å²) < 4.78 is 4.77. The lowest BCUT2D eigenvalue weighted by Gasteiger charge is -2.33. The van der Waals surface area contributed by atoms with Crippen LogP contribution in [0.2, 0.25) is 0 Å². The summed E-state index contributed by atoms with van der Waals surface area (Å²) in [4.78, 5) is 17.9. The van der Waals surface area contributed by atoms with E-state index in [1.165, 1.54) is 7.11 Å². The summed E-state index contributed by atoms with van der Waals surface area (Å²) in [6.07, 6.45) is 6.82. The molecule has 5 nitrogen and oxygen atoms in total. The fraction of sp³-hybridized carbons (Fsp3) is 0.692. The minimum Gasteiger partial charge on any atom is -0.469 e. The van der Waals surface area contributed by atoms with Crippen molar-refractivity contribution in [2.24, 2.45) is 10.9 Å². The number of esters is 1. The number of carbonyl (C=O) groups is 1. The van der Waals surface area contributed by atoms with Gasteiger partial charge in [-0.2, -0.15) is 0 Å². The average Bonchev–Trinajstić information content (AvgIpc) is 2.43. The molecule has 1 aliphatic heterocycles. The van der Waals surface area contributed by atoms with Crippen molar-refractivity contribution in [2.75, 3.05) is 33.3 Å². The van der Waals surface area contributed by atoms with Gasteiger partial charge in [0.25, 0.3) is 0 Å². The Kier molecular flexibility index (Phi) is 6.06. The molecule has 0 spiro atoms. The predicted molar refractivity (Wildman–Crippen MR) is 71.1 cm³/mol. The zero-order chi connectivity index (χ0) is 13.4. The summed E-state index contributed by atoms with van der Waals surface area (Å²) in [6.45, 7) is 4.80. The third kappa shape index (κ3) is 3.95. The molecular formula is C13H21N3O2. The fourth-order valence-corrected chi connectivity index (χ4v) is 2.04. The molecule has 5 heteroatoms. The highest BCUT2D eigenvalue weighted by molar-refractivity contribution is 5.80. The van der Waals surface area contributed by atoms with E-state index in [0.29, 0.717) is 6.54 Å². The van der Waals surface area contributed by atoms with E-state index in [9.17, 15) is 4.79 Å². The topological polar surface area (TPSA) is 53.9 Å². The molecular weight excluding hydrogens is 230 g/mol. The van der Waals surface area contributed by atoms with Gasteiger partial charge in [0.15, 0.2) is 5.96 Å². The van der Waals surface area contributed by atoms with Crippen molar-refractivity contribution in [1.82, 2.24) is 10.2 Å². The zero-order valence-corrected chi connectivity index (χ0v) is 11.1. The lowest BCUT2D eigenvalue weighted by atomic mass is 9.97. The number of terminal acetylenes is 1. The Morgan fingerprint density at radius 1 is 1.56 bits per heavy atom. The zero-order valence-electron chi connectivity index (χ0n) is 11.1. The minimum absolute atomic E-state index is 0.0155. The van der Waals surface area contributed by atoms with Crippen LogP contribution in [0.3, 0.4) is 0 Å². The fourth-order valence-electron chi connectivity index (χ4n) is 2.04. The molecule has 1 rings (SSSR count). The molecule has 0 radical (unpaired) electrons. The molecule has 0 aromatic heterocycles. The van der Waals surface area contributed by atoms with E-state index in [2.05, 4.69) is 21.1 Å². The molecule has 0 aromatic rings. The highest BCUT2D eigenvalue weighted by Gasteiger charge is 2.26. The SMILES string of the molecule is C#CCN=C(NCC)N1CCC(C(=O)OC)CC1. The summed E-state index contributed by atoms with van der Waals surface area (Å²) in [6, 6.07) is 0. The third-order valence-electron chi connectivity index (χ3n) is 2.98. The first kappa shape index (κ1) is 14.4. The van der Waals surface area contributed by atoms with E-state index in [1.807, 2.05) is 6.92 Å². The average molecular weight is 251 g/mol.